The third-order valence-corrected chi connectivity index (χ3v) is 6.48. The van der Waals surface area contributed by atoms with Crippen LogP contribution in [0.2, 0.25) is 5.02 Å². The van der Waals surface area contributed by atoms with Gasteiger partial charge in [-0.25, -0.2) is 4.98 Å². The van der Waals surface area contributed by atoms with Gasteiger partial charge < -0.3 is 19.5 Å². The Hall–Kier alpha value is -3.06. The second-order valence-corrected chi connectivity index (χ2v) is 8.79. The zero-order valence-corrected chi connectivity index (χ0v) is 19.8. The van der Waals surface area contributed by atoms with E-state index < -0.39 is 0 Å². The zero-order chi connectivity index (χ0) is 23.4. The van der Waals surface area contributed by atoms with Crippen molar-refractivity contribution in [3.05, 3.63) is 58.9 Å². The average Bonchev–Trinajstić information content (AvgIpc) is 3.16. The van der Waals surface area contributed by atoms with Crippen molar-refractivity contribution < 1.29 is 14.3 Å². The van der Waals surface area contributed by atoms with Gasteiger partial charge in [0.1, 0.15) is 11.6 Å². The first-order valence-corrected chi connectivity index (χ1v) is 11.7. The standard InChI is InChI=1S/C25H29ClN4O3/c1-17-28-21-6-3-4-7-22(21)30(17)13-5-12-27-24(31)18-10-14-29(15-11-18)25(32)20-16-19(26)8-9-23(20)33-2/h3-4,6-9,16,18H,5,10-15H2,1-2H3,(H,27,31). The fraction of sp³-hybridized carbons (Fsp3) is 0.400. The number of piperidine rings is 1. The van der Waals surface area contributed by atoms with E-state index in [1.165, 1.54) is 7.11 Å². The predicted molar refractivity (Wildman–Crippen MR) is 129 cm³/mol. The van der Waals surface area contributed by atoms with Crippen molar-refractivity contribution in [1.29, 1.82) is 0 Å². The van der Waals surface area contributed by atoms with Crippen LogP contribution in [0.5, 0.6) is 5.75 Å². The first-order valence-electron chi connectivity index (χ1n) is 11.3. The fourth-order valence-electron chi connectivity index (χ4n) is 4.43. The molecule has 33 heavy (non-hydrogen) atoms. The number of benzene rings is 2. The number of amides is 2. The predicted octanol–water partition coefficient (Wildman–Crippen LogP) is 4.07. The molecule has 3 aromatic rings. The van der Waals surface area contributed by atoms with Gasteiger partial charge in [-0.2, -0.15) is 0 Å². The molecular weight excluding hydrogens is 440 g/mol. The van der Waals surface area contributed by atoms with Gasteiger partial charge in [0.25, 0.3) is 5.91 Å². The van der Waals surface area contributed by atoms with Crippen LogP contribution in [-0.2, 0) is 11.3 Å². The number of nitrogens with one attached hydrogen (secondary N) is 1. The number of fused-ring (bicyclic) bond motifs is 1. The van der Waals surface area contributed by atoms with Gasteiger partial charge in [-0.05, 0) is 56.5 Å². The van der Waals surface area contributed by atoms with Crippen molar-refractivity contribution in [2.24, 2.45) is 5.92 Å². The quantitative estimate of drug-likeness (QED) is 0.530. The second kappa shape index (κ2) is 10.3. The minimum absolute atomic E-state index is 0.0645. The number of rotatable bonds is 7. The lowest BCUT2D eigenvalue weighted by atomic mass is 9.95. The summed E-state index contributed by atoms with van der Waals surface area (Å²) in [7, 11) is 1.53. The number of likely N-dealkylation sites (tertiary alicyclic amines) is 1. The number of carbonyl (C=O) groups is 2. The van der Waals surface area contributed by atoms with Crippen LogP contribution >= 0.6 is 11.6 Å². The Kier molecular flexibility index (Phi) is 7.18. The van der Waals surface area contributed by atoms with E-state index in [1.807, 2.05) is 25.1 Å². The first-order chi connectivity index (χ1) is 16.0. The van der Waals surface area contributed by atoms with Crippen molar-refractivity contribution in [1.82, 2.24) is 19.8 Å². The number of ether oxygens (including phenoxy) is 1. The second-order valence-electron chi connectivity index (χ2n) is 8.36. The maximum absolute atomic E-state index is 12.9. The summed E-state index contributed by atoms with van der Waals surface area (Å²) < 4.78 is 7.50. The summed E-state index contributed by atoms with van der Waals surface area (Å²) in [5, 5.41) is 3.56. The number of imidazole rings is 1. The van der Waals surface area contributed by atoms with E-state index in [9.17, 15) is 9.59 Å². The van der Waals surface area contributed by atoms with E-state index in [0.29, 0.717) is 48.8 Å². The molecule has 0 saturated carbocycles. The van der Waals surface area contributed by atoms with Gasteiger partial charge in [-0.3, -0.25) is 9.59 Å². The third kappa shape index (κ3) is 5.14. The molecule has 1 fully saturated rings. The van der Waals surface area contributed by atoms with Gasteiger partial charge in [-0.15, -0.1) is 0 Å². The molecule has 174 valence electrons. The summed E-state index contributed by atoms with van der Waals surface area (Å²) in [6.45, 7) is 4.50. The molecule has 4 rings (SSSR count). The van der Waals surface area contributed by atoms with Crippen molar-refractivity contribution in [3.63, 3.8) is 0 Å². The normalized spacial score (nSPS) is 14.5. The SMILES string of the molecule is COc1ccc(Cl)cc1C(=O)N1CCC(C(=O)NCCCn2c(C)nc3ccccc32)CC1. The lowest BCUT2D eigenvalue weighted by Gasteiger charge is -2.31. The fourth-order valence-corrected chi connectivity index (χ4v) is 4.61. The molecular formula is C25H29ClN4O3. The van der Waals surface area contributed by atoms with Gasteiger partial charge in [0, 0.05) is 37.1 Å². The van der Waals surface area contributed by atoms with Crippen LogP contribution < -0.4 is 10.1 Å². The van der Waals surface area contributed by atoms with Gasteiger partial charge >= 0.3 is 0 Å². The zero-order valence-electron chi connectivity index (χ0n) is 19.0. The molecule has 2 aromatic carbocycles. The number of aryl methyl sites for hydroxylation is 2. The van der Waals surface area contributed by atoms with Crippen molar-refractivity contribution in [3.8, 4) is 5.75 Å². The minimum atomic E-state index is -0.115. The van der Waals surface area contributed by atoms with Gasteiger partial charge in [0.15, 0.2) is 0 Å². The average molecular weight is 469 g/mol. The molecule has 1 N–H and O–H groups in total. The maximum Gasteiger partial charge on any atom is 0.257 e. The van der Waals surface area contributed by atoms with E-state index in [4.69, 9.17) is 16.3 Å². The summed E-state index contributed by atoms with van der Waals surface area (Å²) in [4.78, 5) is 31.9. The van der Waals surface area contributed by atoms with Crippen molar-refractivity contribution in [2.75, 3.05) is 26.7 Å². The summed E-state index contributed by atoms with van der Waals surface area (Å²) in [6, 6.07) is 13.1. The lowest BCUT2D eigenvalue weighted by Crippen LogP contribution is -2.43. The molecule has 0 unspecified atom stereocenters. The van der Waals surface area contributed by atoms with E-state index >= 15 is 0 Å². The Labute approximate surface area is 198 Å². The molecule has 1 saturated heterocycles. The van der Waals surface area contributed by atoms with Crippen molar-refractivity contribution in [2.45, 2.75) is 32.7 Å². The first kappa shape index (κ1) is 23.1. The van der Waals surface area contributed by atoms with Crippen LogP contribution in [0, 0.1) is 12.8 Å². The minimum Gasteiger partial charge on any atom is -0.496 e. The molecule has 0 aliphatic carbocycles. The molecule has 1 aliphatic heterocycles. The topological polar surface area (TPSA) is 76.5 Å². The number of hydrogen-bond acceptors (Lipinski definition) is 4. The summed E-state index contributed by atoms with van der Waals surface area (Å²) in [6.07, 6.45) is 2.12. The molecule has 1 aliphatic rings. The molecule has 7 nitrogen and oxygen atoms in total. The number of aromatic nitrogens is 2. The highest BCUT2D eigenvalue weighted by atomic mass is 35.5. The van der Waals surface area contributed by atoms with Crippen LogP contribution in [-0.4, -0.2) is 53.0 Å². The lowest BCUT2D eigenvalue weighted by molar-refractivity contribution is -0.126. The van der Waals surface area contributed by atoms with Crippen LogP contribution in [0.4, 0.5) is 0 Å². The Morgan fingerprint density at radius 1 is 1.18 bits per heavy atom. The number of para-hydroxylation sites is 2. The van der Waals surface area contributed by atoms with Crippen LogP contribution in [0.3, 0.4) is 0 Å². The Morgan fingerprint density at radius 3 is 2.70 bits per heavy atom. The molecule has 2 heterocycles. The van der Waals surface area contributed by atoms with Gasteiger partial charge in [0.05, 0.1) is 23.7 Å². The molecule has 0 atom stereocenters. The highest BCUT2D eigenvalue weighted by Crippen LogP contribution is 2.26. The van der Waals surface area contributed by atoms with E-state index in [2.05, 4.69) is 20.9 Å². The van der Waals surface area contributed by atoms with E-state index in [0.717, 1.165) is 29.8 Å². The molecule has 0 radical (unpaired) electrons. The maximum atomic E-state index is 12.9. The van der Waals surface area contributed by atoms with Crippen molar-refractivity contribution >= 4 is 34.4 Å². The number of carbonyl (C=O) groups excluding carboxylic acids is 2. The molecule has 0 bridgehead atoms. The van der Waals surface area contributed by atoms with Gasteiger partial charge in [0.2, 0.25) is 5.91 Å². The number of methoxy groups -OCH3 is 1. The summed E-state index contributed by atoms with van der Waals surface area (Å²) in [5.74, 6) is 1.36. The summed E-state index contributed by atoms with van der Waals surface area (Å²) >= 11 is 6.07. The number of hydrogen-bond donors (Lipinski definition) is 1. The van der Waals surface area contributed by atoms with Crippen LogP contribution in [0.1, 0.15) is 35.4 Å². The highest BCUT2D eigenvalue weighted by Gasteiger charge is 2.29. The highest BCUT2D eigenvalue weighted by molar-refractivity contribution is 6.31. The molecule has 8 heteroatoms. The third-order valence-electron chi connectivity index (χ3n) is 6.25. The number of halogens is 1. The Balaban J connectivity index is 1.25. The molecule has 2 amide bonds. The summed E-state index contributed by atoms with van der Waals surface area (Å²) in [5.41, 5.74) is 2.57. The largest absolute Gasteiger partial charge is 0.496 e. The monoisotopic (exact) mass is 468 g/mol. The Bertz CT molecular complexity index is 1150. The smallest absolute Gasteiger partial charge is 0.257 e. The van der Waals surface area contributed by atoms with Gasteiger partial charge in [-0.1, -0.05) is 23.7 Å². The van der Waals surface area contributed by atoms with Crippen LogP contribution in [0.15, 0.2) is 42.5 Å². The van der Waals surface area contributed by atoms with Crippen LogP contribution in [0.25, 0.3) is 11.0 Å². The number of nitrogens with zero attached hydrogens (tertiary/aromatic N) is 3. The molecule has 1 aromatic heterocycles. The Morgan fingerprint density at radius 2 is 1.94 bits per heavy atom. The van der Waals surface area contributed by atoms with E-state index in [-0.39, 0.29) is 17.7 Å². The molecule has 0 spiro atoms. The van der Waals surface area contributed by atoms with E-state index in [1.54, 1.807) is 23.1 Å².